The summed E-state index contributed by atoms with van der Waals surface area (Å²) in [7, 11) is 4.83. The number of para-hydroxylation sites is 2. The molecule has 158 valence electrons. The van der Waals surface area contributed by atoms with Gasteiger partial charge in [0.05, 0.1) is 23.6 Å². The number of halogens is 1. The van der Waals surface area contributed by atoms with Gasteiger partial charge in [0, 0.05) is 7.05 Å². The van der Waals surface area contributed by atoms with Crippen LogP contribution >= 0.6 is 39.9 Å². The molecule has 0 saturated carbocycles. The van der Waals surface area contributed by atoms with Gasteiger partial charge in [-0.2, -0.15) is 0 Å². The van der Waals surface area contributed by atoms with Gasteiger partial charge in [0.25, 0.3) is 5.91 Å². The van der Waals surface area contributed by atoms with Crippen LogP contribution in [0, 0.1) is 0 Å². The summed E-state index contributed by atoms with van der Waals surface area (Å²) in [6.07, 6.45) is 1.78. The van der Waals surface area contributed by atoms with Gasteiger partial charge in [0.15, 0.2) is 23.0 Å². The van der Waals surface area contributed by atoms with Crippen LogP contribution in [0.4, 0.5) is 0 Å². The van der Waals surface area contributed by atoms with E-state index >= 15 is 0 Å². The number of thioether (sulfide) groups is 1. The number of carbonyl (C=O) groups is 1. The molecule has 0 radical (unpaired) electrons. The van der Waals surface area contributed by atoms with Crippen LogP contribution < -0.4 is 18.9 Å². The minimum absolute atomic E-state index is 0.117. The average molecular weight is 510 g/mol. The van der Waals surface area contributed by atoms with E-state index in [-0.39, 0.29) is 5.91 Å². The van der Waals surface area contributed by atoms with E-state index in [0.29, 0.717) is 49.9 Å². The van der Waals surface area contributed by atoms with E-state index in [1.807, 2.05) is 36.4 Å². The summed E-state index contributed by atoms with van der Waals surface area (Å²) < 4.78 is 23.6. The van der Waals surface area contributed by atoms with Crippen LogP contribution in [0.1, 0.15) is 5.56 Å². The van der Waals surface area contributed by atoms with E-state index in [1.165, 1.54) is 16.7 Å². The summed E-state index contributed by atoms with van der Waals surface area (Å²) in [6.45, 7) is 0.636. The van der Waals surface area contributed by atoms with Gasteiger partial charge in [0.2, 0.25) is 0 Å². The van der Waals surface area contributed by atoms with Crippen LogP contribution in [0.5, 0.6) is 23.0 Å². The molecule has 0 N–H and O–H groups in total. The predicted molar refractivity (Wildman–Crippen MR) is 126 cm³/mol. The predicted octanol–water partition coefficient (Wildman–Crippen LogP) is 4.76. The van der Waals surface area contributed by atoms with Crippen molar-refractivity contribution in [1.82, 2.24) is 4.90 Å². The van der Waals surface area contributed by atoms with Gasteiger partial charge in [-0.15, -0.1) is 0 Å². The maximum absolute atomic E-state index is 12.2. The van der Waals surface area contributed by atoms with Gasteiger partial charge in [-0.1, -0.05) is 36.1 Å². The first-order chi connectivity index (χ1) is 14.4. The van der Waals surface area contributed by atoms with E-state index in [0.717, 1.165) is 5.56 Å². The quantitative estimate of drug-likeness (QED) is 0.289. The molecule has 2 aromatic rings. The molecule has 1 amide bonds. The van der Waals surface area contributed by atoms with Gasteiger partial charge >= 0.3 is 0 Å². The third-order valence-corrected chi connectivity index (χ3v) is 6.27. The Hall–Kier alpha value is -2.23. The number of methoxy groups -OCH3 is 2. The summed E-state index contributed by atoms with van der Waals surface area (Å²) in [5, 5.41) is 0. The molecule has 1 heterocycles. The molecule has 0 unspecified atom stereocenters. The molecule has 0 spiro atoms. The van der Waals surface area contributed by atoms with Crippen LogP contribution in [-0.2, 0) is 4.79 Å². The summed E-state index contributed by atoms with van der Waals surface area (Å²) in [5.74, 6) is 2.30. The van der Waals surface area contributed by atoms with Gasteiger partial charge in [-0.05, 0) is 51.8 Å². The van der Waals surface area contributed by atoms with Crippen molar-refractivity contribution < 1.29 is 23.7 Å². The number of nitrogens with zero attached hydrogens (tertiary/aromatic N) is 1. The number of hydrogen-bond donors (Lipinski definition) is 0. The summed E-state index contributed by atoms with van der Waals surface area (Å²) in [4.78, 5) is 14.2. The van der Waals surface area contributed by atoms with Crippen molar-refractivity contribution in [2.75, 3.05) is 34.5 Å². The molecule has 0 aliphatic carbocycles. The monoisotopic (exact) mass is 509 g/mol. The van der Waals surface area contributed by atoms with Crippen molar-refractivity contribution in [2.45, 2.75) is 0 Å². The first-order valence-corrected chi connectivity index (χ1v) is 10.9. The van der Waals surface area contributed by atoms with Crippen LogP contribution in [-0.4, -0.2) is 49.6 Å². The van der Waals surface area contributed by atoms with E-state index < -0.39 is 0 Å². The molecule has 1 saturated heterocycles. The van der Waals surface area contributed by atoms with E-state index in [4.69, 9.17) is 31.2 Å². The molecule has 1 aliphatic heterocycles. The number of benzene rings is 2. The van der Waals surface area contributed by atoms with E-state index in [9.17, 15) is 4.79 Å². The maximum atomic E-state index is 12.2. The highest BCUT2D eigenvalue weighted by atomic mass is 79.9. The lowest BCUT2D eigenvalue weighted by Gasteiger charge is -2.15. The minimum Gasteiger partial charge on any atom is -0.493 e. The Balaban J connectivity index is 1.69. The van der Waals surface area contributed by atoms with Crippen LogP contribution in [0.3, 0.4) is 0 Å². The zero-order valence-corrected chi connectivity index (χ0v) is 19.9. The standard InChI is InChI=1S/C21H20BrNO5S2/c1-23-20(24)18(30-21(23)29)12-13-10-14(22)19(17(11-13)26-3)28-9-8-27-16-7-5-4-6-15(16)25-2/h4-7,10-12H,8-9H2,1-3H3/b18-12+. The molecular weight excluding hydrogens is 490 g/mol. The SMILES string of the molecule is COc1ccccc1OCCOc1c(Br)cc(/C=C2/SC(=S)N(C)C2=O)cc1OC. The lowest BCUT2D eigenvalue weighted by Crippen LogP contribution is -2.22. The Morgan fingerprint density at radius 1 is 1.07 bits per heavy atom. The fourth-order valence-electron chi connectivity index (χ4n) is 2.69. The molecule has 0 bridgehead atoms. The van der Waals surface area contributed by atoms with Gasteiger partial charge in [0.1, 0.15) is 17.5 Å². The van der Waals surface area contributed by atoms with Crippen molar-refractivity contribution in [2.24, 2.45) is 0 Å². The smallest absolute Gasteiger partial charge is 0.265 e. The Labute approximate surface area is 193 Å². The number of ether oxygens (including phenoxy) is 4. The third-order valence-electron chi connectivity index (χ3n) is 4.19. The Morgan fingerprint density at radius 2 is 1.73 bits per heavy atom. The van der Waals surface area contributed by atoms with Crippen molar-refractivity contribution in [3.8, 4) is 23.0 Å². The molecule has 0 atom stereocenters. The number of likely N-dealkylation sites (N-methyl/N-ethyl adjacent to an activating group) is 1. The van der Waals surface area contributed by atoms with Crippen LogP contribution in [0.15, 0.2) is 45.8 Å². The van der Waals surface area contributed by atoms with Crippen molar-refractivity contribution in [3.63, 3.8) is 0 Å². The molecule has 0 aromatic heterocycles. The number of carbonyl (C=O) groups excluding carboxylic acids is 1. The fourth-order valence-corrected chi connectivity index (χ4v) is 4.45. The topological polar surface area (TPSA) is 57.2 Å². The second-order valence-electron chi connectivity index (χ2n) is 6.12. The zero-order valence-electron chi connectivity index (χ0n) is 16.6. The van der Waals surface area contributed by atoms with Crippen molar-refractivity contribution >= 4 is 56.2 Å². The first kappa shape index (κ1) is 22.5. The molecular formula is C21H20BrNO5S2. The first-order valence-electron chi connectivity index (χ1n) is 8.92. The average Bonchev–Trinajstić information content (AvgIpc) is 2.98. The van der Waals surface area contributed by atoms with Crippen molar-refractivity contribution in [1.29, 1.82) is 0 Å². The Morgan fingerprint density at radius 3 is 2.37 bits per heavy atom. The highest BCUT2D eigenvalue weighted by Gasteiger charge is 2.28. The van der Waals surface area contributed by atoms with Crippen molar-refractivity contribution in [3.05, 3.63) is 51.3 Å². The highest BCUT2D eigenvalue weighted by molar-refractivity contribution is 9.10. The highest BCUT2D eigenvalue weighted by Crippen LogP contribution is 2.39. The lowest BCUT2D eigenvalue weighted by atomic mass is 10.2. The number of thiocarbonyl (C=S) groups is 1. The molecule has 6 nitrogen and oxygen atoms in total. The molecule has 9 heteroatoms. The number of hydrogen-bond acceptors (Lipinski definition) is 7. The van der Waals surface area contributed by atoms with Gasteiger partial charge in [-0.25, -0.2) is 0 Å². The summed E-state index contributed by atoms with van der Waals surface area (Å²) in [6, 6.07) is 11.1. The maximum Gasteiger partial charge on any atom is 0.265 e. The fraction of sp³-hybridized carbons (Fsp3) is 0.238. The van der Waals surface area contributed by atoms with Crippen LogP contribution in [0.25, 0.3) is 6.08 Å². The normalized spacial score (nSPS) is 14.9. The summed E-state index contributed by atoms with van der Waals surface area (Å²) in [5.41, 5.74) is 0.797. The van der Waals surface area contributed by atoms with E-state index in [1.54, 1.807) is 27.3 Å². The summed E-state index contributed by atoms with van der Waals surface area (Å²) >= 11 is 9.97. The number of rotatable bonds is 8. The van der Waals surface area contributed by atoms with Crippen LogP contribution in [0.2, 0.25) is 0 Å². The van der Waals surface area contributed by atoms with E-state index in [2.05, 4.69) is 15.9 Å². The molecule has 1 aliphatic rings. The molecule has 30 heavy (non-hydrogen) atoms. The Bertz CT molecular complexity index is 995. The molecule has 2 aromatic carbocycles. The van der Waals surface area contributed by atoms with Gasteiger partial charge < -0.3 is 18.9 Å². The van der Waals surface area contributed by atoms with Gasteiger partial charge in [-0.3, -0.25) is 9.69 Å². The second kappa shape index (κ2) is 10.2. The third kappa shape index (κ3) is 5.08. The Kier molecular flexibility index (Phi) is 7.63. The second-order valence-corrected chi connectivity index (χ2v) is 8.65. The molecule has 3 rings (SSSR count). The zero-order chi connectivity index (χ0) is 21.7. The lowest BCUT2D eigenvalue weighted by molar-refractivity contribution is -0.121. The largest absolute Gasteiger partial charge is 0.493 e. The minimum atomic E-state index is -0.117. The number of amides is 1. The molecule has 1 fully saturated rings.